The van der Waals surface area contributed by atoms with E-state index in [2.05, 4.69) is 5.32 Å². The second-order valence-electron chi connectivity index (χ2n) is 6.22. The third-order valence-corrected chi connectivity index (χ3v) is 3.94. The number of methoxy groups -OCH3 is 1. The number of amides is 1. The van der Waals surface area contributed by atoms with Crippen LogP contribution in [0.15, 0.2) is 42.5 Å². The van der Waals surface area contributed by atoms with Crippen LogP contribution in [-0.2, 0) is 4.79 Å². The molecule has 0 fully saturated rings. The zero-order chi connectivity index (χ0) is 20.0. The van der Waals surface area contributed by atoms with Crippen molar-refractivity contribution in [1.29, 1.82) is 0 Å². The molecule has 1 unspecified atom stereocenters. The molecule has 2 aromatic carbocycles. The van der Waals surface area contributed by atoms with Crippen LogP contribution in [0.5, 0.6) is 11.5 Å². The maximum absolute atomic E-state index is 13.3. The van der Waals surface area contributed by atoms with Crippen LogP contribution >= 0.6 is 0 Å². The molecule has 0 saturated carbocycles. The number of carbonyl (C=O) groups is 1. The van der Waals surface area contributed by atoms with Crippen molar-refractivity contribution in [3.8, 4) is 11.5 Å². The van der Waals surface area contributed by atoms with Gasteiger partial charge in [-0.1, -0.05) is 26.0 Å². The van der Waals surface area contributed by atoms with Gasteiger partial charge in [0, 0.05) is 12.1 Å². The summed E-state index contributed by atoms with van der Waals surface area (Å²) in [6.07, 6.45) is 0. The minimum atomic E-state index is -0.693. The van der Waals surface area contributed by atoms with Crippen LogP contribution in [0.2, 0.25) is 0 Å². The van der Waals surface area contributed by atoms with Crippen LogP contribution in [0.1, 0.15) is 25.5 Å². The molecule has 8 heteroatoms. The third-order valence-electron chi connectivity index (χ3n) is 3.94. The number of halogens is 1. The Morgan fingerprint density at radius 1 is 1.22 bits per heavy atom. The van der Waals surface area contributed by atoms with Crippen LogP contribution in [0.4, 0.5) is 10.1 Å². The Kier molecular flexibility index (Phi) is 6.70. The number of benzene rings is 2. The van der Waals surface area contributed by atoms with Crippen molar-refractivity contribution in [3.63, 3.8) is 0 Å². The summed E-state index contributed by atoms with van der Waals surface area (Å²) in [4.78, 5) is 22.6. The topological polar surface area (TPSA) is 90.7 Å². The molecule has 0 spiro atoms. The van der Waals surface area contributed by atoms with Gasteiger partial charge in [0.05, 0.1) is 18.1 Å². The average molecular weight is 376 g/mol. The molecular weight excluding hydrogens is 355 g/mol. The van der Waals surface area contributed by atoms with Gasteiger partial charge in [0.25, 0.3) is 5.91 Å². The van der Waals surface area contributed by atoms with Gasteiger partial charge in [0.1, 0.15) is 11.6 Å². The first-order chi connectivity index (χ1) is 12.8. The quantitative estimate of drug-likeness (QED) is 0.561. The molecule has 0 saturated heterocycles. The lowest BCUT2D eigenvalue weighted by molar-refractivity contribution is -0.385. The predicted octanol–water partition coefficient (Wildman–Crippen LogP) is 3.63. The molecule has 1 atom stereocenters. The van der Waals surface area contributed by atoms with E-state index in [0.717, 1.165) is 23.8 Å². The van der Waals surface area contributed by atoms with E-state index in [4.69, 9.17) is 9.47 Å². The maximum atomic E-state index is 13.3. The number of carbonyl (C=O) groups excluding carboxylic acids is 1. The molecule has 2 aromatic rings. The Labute approximate surface area is 156 Å². The lowest BCUT2D eigenvalue weighted by Gasteiger charge is -2.23. The first-order valence-corrected chi connectivity index (χ1v) is 8.32. The molecule has 1 amide bonds. The van der Waals surface area contributed by atoms with Crippen LogP contribution in [0, 0.1) is 21.8 Å². The van der Waals surface area contributed by atoms with Crippen molar-refractivity contribution in [2.24, 2.45) is 5.92 Å². The Bertz CT molecular complexity index is 808. The highest BCUT2D eigenvalue weighted by molar-refractivity contribution is 5.78. The molecule has 0 radical (unpaired) electrons. The van der Waals surface area contributed by atoms with E-state index in [1.807, 2.05) is 26.0 Å². The second kappa shape index (κ2) is 8.98. The van der Waals surface area contributed by atoms with Crippen molar-refractivity contribution in [3.05, 3.63) is 64.0 Å². The number of hydrogen-bond acceptors (Lipinski definition) is 5. The Morgan fingerprint density at radius 2 is 1.89 bits per heavy atom. The van der Waals surface area contributed by atoms with Gasteiger partial charge < -0.3 is 14.8 Å². The summed E-state index contributed by atoms with van der Waals surface area (Å²) >= 11 is 0. The summed E-state index contributed by atoms with van der Waals surface area (Å²) < 4.78 is 23.6. The van der Waals surface area contributed by atoms with Gasteiger partial charge in [-0.15, -0.1) is 0 Å². The lowest BCUT2D eigenvalue weighted by atomic mass is 9.96. The zero-order valence-electron chi connectivity index (χ0n) is 15.3. The monoisotopic (exact) mass is 376 g/mol. The molecule has 0 aliphatic heterocycles. The summed E-state index contributed by atoms with van der Waals surface area (Å²) in [5, 5.41) is 13.8. The largest absolute Gasteiger partial charge is 0.497 e. The fourth-order valence-electron chi connectivity index (χ4n) is 2.56. The lowest BCUT2D eigenvalue weighted by Crippen LogP contribution is -2.35. The van der Waals surface area contributed by atoms with Gasteiger partial charge in [0.2, 0.25) is 5.75 Å². The fraction of sp³-hybridized carbons (Fsp3) is 0.316. The molecule has 7 nitrogen and oxygen atoms in total. The summed E-state index contributed by atoms with van der Waals surface area (Å²) in [6.45, 7) is 3.44. The van der Waals surface area contributed by atoms with Crippen LogP contribution < -0.4 is 14.8 Å². The number of nitro groups is 1. The number of nitrogens with zero attached hydrogens (tertiary/aromatic N) is 1. The number of rotatable bonds is 8. The SMILES string of the molecule is COc1ccc(C(NC(=O)COc2cc(F)ccc2[N+](=O)[O-])C(C)C)cc1. The molecule has 1 N–H and O–H groups in total. The average Bonchev–Trinajstić information content (AvgIpc) is 2.64. The van der Waals surface area contributed by atoms with Crippen LogP contribution in [0.25, 0.3) is 0 Å². The predicted molar refractivity (Wildman–Crippen MR) is 97.3 cm³/mol. The highest BCUT2D eigenvalue weighted by Gasteiger charge is 2.21. The van der Waals surface area contributed by atoms with E-state index in [1.54, 1.807) is 19.2 Å². The van der Waals surface area contributed by atoms with E-state index >= 15 is 0 Å². The van der Waals surface area contributed by atoms with Gasteiger partial charge >= 0.3 is 5.69 Å². The summed E-state index contributed by atoms with van der Waals surface area (Å²) in [5.41, 5.74) is 0.482. The van der Waals surface area contributed by atoms with E-state index in [9.17, 15) is 19.3 Å². The normalized spacial score (nSPS) is 11.7. The number of hydrogen-bond donors (Lipinski definition) is 1. The number of nitrogens with one attached hydrogen (secondary N) is 1. The first kappa shape index (κ1) is 20.2. The zero-order valence-corrected chi connectivity index (χ0v) is 15.3. The molecule has 0 bridgehead atoms. The molecule has 0 aliphatic carbocycles. The standard InChI is InChI=1S/C19H21FN2O5/c1-12(2)19(13-4-7-15(26-3)8-5-13)21-18(23)11-27-17-10-14(20)6-9-16(17)22(24)25/h4-10,12,19H,11H2,1-3H3,(H,21,23). The van der Waals surface area contributed by atoms with Crippen molar-refractivity contribution >= 4 is 11.6 Å². The van der Waals surface area contributed by atoms with Crippen molar-refractivity contribution < 1.29 is 23.6 Å². The molecule has 0 aromatic heterocycles. The fourth-order valence-corrected chi connectivity index (χ4v) is 2.56. The second-order valence-corrected chi connectivity index (χ2v) is 6.22. The smallest absolute Gasteiger partial charge is 0.311 e. The molecular formula is C19H21FN2O5. The van der Waals surface area contributed by atoms with Crippen LogP contribution in [0.3, 0.4) is 0 Å². The van der Waals surface area contributed by atoms with E-state index in [0.29, 0.717) is 5.75 Å². The molecule has 0 aliphatic rings. The number of nitro benzene ring substituents is 1. The molecule has 144 valence electrons. The van der Waals surface area contributed by atoms with Crippen LogP contribution in [-0.4, -0.2) is 24.5 Å². The molecule has 27 heavy (non-hydrogen) atoms. The number of ether oxygens (including phenoxy) is 2. The van der Waals surface area contributed by atoms with Gasteiger partial charge in [0.15, 0.2) is 6.61 Å². The Morgan fingerprint density at radius 3 is 2.44 bits per heavy atom. The van der Waals surface area contributed by atoms with Crippen molar-refractivity contribution in [2.75, 3.05) is 13.7 Å². The van der Waals surface area contributed by atoms with Gasteiger partial charge in [-0.2, -0.15) is 0 Å². The van der Waals surface area contributed by atoms with E-state index in [-0.39, 0.29) is 17.7 Å². The van der Waals surface area contributed by atoms with Crippen molar-refractivity contribution in [2.45, 2.75) is 19.9 Å². The summed E-state index contributed by atoms with van der Waals surface area (Å²) in [6, 6.07) is 9.85. The highest BCUT2D eigenvalue weighted by atomic mass is 19.1. The Hall–Kier alpha value is -3.16. The summed E-state index contributed by atoms with van der Waals surface area (Å²) in [7, 11) is 1.57. The highest BCUT2D eigenvalue weighted by Crippen LogP contribution is 2.28. The van der Waals surface area contributed by atoms with Crippen molar-refractivity contribution in [1.82, 2.24) is 5.32 Å². The first-order valence-electron chi connectivity index (χ1n) is 8.32. The van der Waals surface area contributed by atoms with E-state index < -0.39 is 28.9 Å². The minimum Gasteiger partial charge on any atom is -0.497 e. The molecule has 2 rings (SSSR count). The Balaban J connectivity index is 2.06. The minimum absolute atomic E-state index is 0.0888. The maximum Gasteiger partial charge on any atom is 0.311 e. The summed E-state index contributed by atoms with van der Waals surface area (Å²) in [5.74, 6) is -0.654. The third kappa shape index (κ3) is 5.40. The molecule has 0 heterocycles. The van der Waals surface area contributed by atoms with Gasteiger partial charge in [-0.3, -0.25) is 14.9 Å². The van der Waals surface area contributed by atoms with Gasteiger partial charge in [-0.25, -0.2) is 4.39 Å². The van der Waals surface area contributed by atoms with Gasteiger partial charge in [-0.05, 0) is 29.7 Å². The van der Waals surface area contributed by atoms with E-state index in [1.165, 1.54) is 0 Å².